The van der Waals surface area contributed by atoms with E-state index < -0.39 is 34.6 Å². The standard InChI is InChI=1S/C22H31N3O5/c1-20(2,3)30-19(28)25-21(4,5)17(26)24-22(6,18(27)29-7)12-14-13-23-16-11-9-8-10-15(14)16/h8-11,13,23H,12H2,1-7H3,(H,24,26)(H,25,28)/t22-/m1/s1. The molecular weight excluding hydrogens is 386 g/mol. The van der Waals surface area contributed by atoms with Crippen LogP contribution in [0.15, 0.2) is 30.5 Å². The fourth-order valence-corrected chi connectivity index (χ4v) is 3.07. The first-order chi connectivity index (χ1) is 13.8. The molecule has 2 aromatic rings. The quantitative estimate of drug-likeness (QED) is 0.626. The lowest BCUT2D eigenvalue weighted by atomic mass is 9.91. The van der Waals surface area contributed by atoms with Crippen LogP contribution in [0, 0.1) is 0 Å². The largest absolute Gasteiger partial charge is 0.467 e. The fourth-order valence-electron chi connectivity index (χ4n) is 3.07. The number of alkyl carbamates (subject to hydrolysis) is 1. The number of hydrogen-bond donors (Lipinski definition) is 3. The molecular formula is C22H31N3O5. The molecule has 1 aromatic heterocycles. The van der Waals surface area contributed by atoms with Crippen molar-refractivity contribution in [2.24, 2.45) is 0 Å². The van der Waals surface area contributed by atoms with Gasteiger partial charge in [-0.2, -0.15) is 0 Å². The minimum Gasteiger partial charge on any atom is -0.467 e. The van der Waals surface area contributed by atoms with Crippen LogP contribution in [0.25, 0.3) is 10.9 Å². The number of carbonyl (C=O) groups is 3. The topological polar surface area (TPSA) is 110 Å². The molecule has 3 N–H and O–H groups in total. The summed E-state index contributed by atoms with van der Waals surface area (Å²) >= 11 is 0. The van der Waals surface area contributed by atoms with Crippen molar-refractivity contribution in [1.82, 2.24) is 15.6 Å². The maximum atomic E-state index is 13.0. The zero-order valence-corrected chi connectivity index (χ0v) is 18.6. The summed E-state index contributed by atoms with van der Waals surface area (Å²) in [5, 5.41) is 6.26. The van der Waals surface area contributed by atoms with Crippen LogP contribution in [-0.4, -0.2) is 46.7 Å². The lowest BCUT2D eigenvalue weighted by Gasteiger charge is -2.33. The number of fused-ring (bicyclic) bond motifs is 1. The summed E-state index contributed by atoms with van der Waals surface area (Å²) in [6, 6.07) is 7.69. The van der Waals surface area contributed by atoms with Crippen molar-refractivity contribution in [2.75, 3.05) is 7.11 Å². The molecule has 0 unspecified atom stereocenters. The number of nitrogens with one attached hydrogen (secondary N) is 3. The normalized spacial score (nSPS) is 14.0. The summed E-state index contributed by atoms with van der Waals surface area (Å²) in [6.07, 6.45) is 1.29. The Kier molecular flexibility index (Phi) is 6.49. The zero-order valence-electron chi connectivity index (χ0n) is 18.6. The number of carbonyl (C=O) groups excluding carboxylic acids is 3. The number of benzene rings is 1. The van der Waals surface area contributed by atoms with Gasteiger partial charge in [0.05, 0.1) is 7.11 Å². The van der Waals surface area contributed by atoms with Gasteiger partial charge in [-0.15, -0.1) is 0 Å². The summed E-state index contributed by atoms with van der Waals surface area (Å²) in [5.74, 6) is -1.13. The van der Waals surface area contributed by atoms with E-state index in [0.29, 0.717) is 0 Å². The molecule has 1 atom stereocenters. The molecule has 1 heterocycles. The van der Waals surface area contributed by atoms with Crippen LogP contribution in [-0.2, 0) is 25.5 Å². The van der Waals surface area contributed by atoms with Gasteiger partial charge in [-0.1, -0.05) is 18.2 Å². The van der Waals surface area contributed by atoms with Gasteiger partial charge in [0.1, 0.15) is 16.7 Å². The first-order valence-corrected chi connectivity index (χ1v) is 9.74. The molecule has 2 amide bonds. The van der Waals surface area contributed by atoms with E-state index in [1.165, 1.54) is 21.0 Å². The summed E-state index contributed by atoms with van der Waals surface area (Å²) in [7, 11) is 1.27. The number of esters is 1. The predicted octanol–water partition coefficient (Wildman–Crippen LogP) is 3.06. The van der Waals surface area contributed by atoms with E-state index in [4.69, 9.17) is 9.47 Å². The lowest BCUT2D eigenvalue weighted by Crippen LogP contribution is -2.63. The highest BCUT2D eigenvalue weighted by Crippen LogP contribution is 2.24. The third-order valence-electron chi connectivity index (χ3n) is 4.63. The van der Waals surface area contributed by atoms with E-state index >= 15 is 0 Å². The third kappa shape index (κ3) is 5.52. The van der Waals surface area contributed by atoms with Gasteiger partial charge in [0.2, 0.25) is 5.91 Å². The van der Waals surface area contributed by atoms with Gasteiger partial charge < -0.3 is 25.1 Å². The summed E-state index contributed by atoms with van der Waals surface area (Å²) < 4.78 is 10.2. The fraction of sp³-hybridized carbons (Fsp3) is 0.500. The molecule has 30 heavy (non-hydrogen) atoms. The first kappa shape index (κ1) is 23.3. The van der Waals surface area contributed by atoms with Gasteiger partial charge in [-0.25, -0.2) is 9.59 Å². The van der Waals surface area contributed by atoms with E-state index in [1.54, 1.807) is 27.7 Å². The van der Waals surface area contributed by atoms with E-state index in [0.717, 1.165) is 16.5 Å². The predicted molar refractivity (Wildman–Crippen MR) is 114 cm³/mol. The molecule has 0 radical (unpaired) electrons. The molecule has 0 fully saturated rings. The van der Waals surface area contributed by atoms with Crippen LogP contribution < -0.4 is 10.6 Å². The van der Waals surface area contributed by atoms with Crippen LogP contribution in [0.3, 0.4) is 0 Å². The molecule has 8 nitrogen and oxygen atoms in total. The molecule has 8 heteroatoms. The van der Waals surface area contributed by atoms with Crippen molar-refractivity contribution in [3.8, 4) is 0 Å². The van der Waals surface area contributed by atoms with Gasteiger partial charge in [0.25, 0.3) is 0 Å². The Morgan fingerprint density at radius 3 is 2.23 bits per heavy atom. The SMILES string of the molecule is COC(=O)[C@@](C)(Cc1c[nH]c2ccccc12)NC(=O)C(C)(C)NC(=O)OC(C)(C)C. The Morgan fingerprint density at radius 2 is 1.63 bits per heavy atom. The molecule has 0 saturated heterocycles. The van der Waals surface area contributed by atoms with E-state index in [1.807, 2.05) is 30.5 Å². The first-order valence-electron chi connectivity index (χ1n) is 9.74. The molecule has 2 rings (SSSR count). The smallest absolute Gasteiger partial charge is 0.408 e. The number of ether oxygens (including phenoxy) is 2. The maximum absolute atomic E-state index is 13.0. The van der Waals surface area contributed by atoms with Crippen LogP contribution in [0.2, 0.25) is 0 Å². The Bertz CT molecular complexity index is 942. The number of methoxy groups -OCH3 is 1. The van der Waals surface area contributed by atoms with Crippen LogP contribution in [0.1, 0.15) is 47.1 Å². The highest BCUT2D eigenvalue weighted by atomic mass is 16.6. The van der Waals surface area contributed by atoms with E-state index in [-0.39, 0.29) is 6.42 Å². The molecule has 0 aliphatic rings. The average molecular weight is 418 g/mol. The monoisotopic (exact) mass is 417 g/mol. The average Bonchev–Trinajstić information content (AvgIpc) is 3.01. The zero-order chi connectivity index (χ0) is 22.7. The summed E-state index contributed by atoms with van der Waals surface area (Å²) in [6.45, 7) is 9.87. The van der Waals surface area contributed by atoms with Crippen LogP contribution in [0.4, 0.5) is 4.79 Å². The van der Waals surface area contributed by atoms with Gasteiger partial charge in [-0.3, -0.25) is 4.79 Å². The highest BCUT2D eigenvalue weighted by Gasteiger charge is 2.41. The molecule has 0 spiro atoms. The summed E-state index contributed by atoms with van der Waals surface area (Å²) in [4.78, 5) is 40.9. The third-order valence-corrected chi connectivity index (χ3v) is 4.63. The second kappa shape index (κ2) is 8.38. The van der Waals surface area contributed by atoms with E-state index in [2.05, 4.69) is 15.6 Å². The Hall–Kier alpha value is -3.03. The van der Waals surface area contributed by atoms with Crippen LogP contribution in [0.5, 0.6) is 0 Å². The van der Waals surface area contributed by atoms with Crippen molar-refractivity contribution < 1.29 is 23.9 Å². The van der Waals surface area contributed by atoms with Gasteiger partial charge >= 0.3 is 12.1 Å². The Labute approximate surface area is 176 Å². The van der Waals surface area contributed by atoms with Crippen molar-refractivity contribution >= 4 is 28.9 Å². The van der Waals surface area contributed by atoms with Gasteiger partial charge in [0.15, 0.2) is 0 Å². The minimum atomic E-state index is -1.34. The lowest BCUT2D eigenvalue weighted by molar-refractivity contribution is -0.150. The van der Waals surface area contributed by atoms with E-state index in [9.17, 15) is 14.4 Å². The number of hydrogen-bond acceptors (Lipinski definition) is 5. The van der Waals surface area contributed by atoms with Gasteiger partial charge in [0, 0.05) is 23.5 Å². The summed E-state index contributed by atoms with van der Waals surface area (Å²) in [5.41, 5.74) is -1.58. The van der Waals surface area contributed by atoms with Crippen molar-refractivity contribution in [2.45, 2.75) is 64.6 Å². The molecule has 1 aromatic carbocycles. The number of rotatable bonds is 6. The number of amides is 2. The second-order valence-corrected chi connectivity index (χ2v) is 9.07. The molecule has 164 valence electrons. The number of H-pyrrole nitrogens is 1. The number of aromatic nitrogens is 1. The van der Waals surface area contributed by atoms with Crippen molar-refractivity contribution in [1.29, 1.82) is 0 Å². The van der Waals surface area contributed by atoms with Crippen molar-refractivity contribution in [3.05, 3.63) is 36.0 Å². The molecule has 0 bridgehead atoms. The highest BCUT2D eigenvalue weighted by molar-refractivity contribution is 5.94. The van der Waals surface area contributed by atoms with Crippen LogP contribution >= 0.6 is 0 Å². The number of para-hydroxylation sites is 1. The Morgan fingerprint density at radius 1 is 1.00 bits per heavy atom. The molecule has 0 saturated carbocycles. The number of aromatic amines is 1. The van der Waals surface area contributed by atoms with Crippen molar-refractivity contribution in [3.63, 3.8) is 0 Å². The Balaban J connectivity index is 2.23. The second-order valence-electron chi connectivity index (χ2n) is 9.07. The maximum Gasteiger partial charge on any atom is 0.408 e. The molecule has 0 aliphatic carbocycles. The van der Waals surface area contributed by atoms with Gasteiger partial charge in [-0.05, 0) is 53.2 Å². The molecule has 0 aliphatic heterocycles. The minimum absolute atomic E-state index is 0.206.